The monoisotopic (exact) mass is 570 g/mol. The summed E-state index contributed by atoms with van der Waals surface area (Å²) >= 11 is 0. The summed E-state index contributed by atoms with van der Waals surface area (Å²) in [5, 5.41) is 0. The summed E-state index contributed by atoms with van der Waals surface area (Å²) in [4.78, 5) is 0. The molecule has 226 valence electrons. The predicted molar refractivity (Wildman–Crippen MR) is 164 cm³/mol. The van der Waals surface area contributed by atoms with Crippen LogP contribution in [0.25, 0.3) is 0 Å². The van der Waals surface area contributed by atoms with Gasteiger partial charge in [0.05, 0.1) is 0 Å². The van der Waals surface area contributed by atoms with Crippen molar-refractivity contribution in [2.75, 3.05) is 0 Å². The normalized spacial score (nSPS) is 11.2. The van der Waals surface area contributed by atoms with Gasteiger partial charge in [-0.15, -0.1) is 0 Å². The molecule has 0 bridgehead atoms. The molecule has 0 radical (unpaired) electrons. The molecule has 0 aromatic rings. The molecule has 0 unspecified atom stereocenters. The van der Waals surface area contributed by atoms with Crippen molar-refractivity contribution >= 4 is 10.4 Å². The molecule has 0 aliphatic rings. The third-order valence-corrected chi connectivity index (χ3v) is 7.35. The smallest absolute Gasteiger partial charge is 0.343 e. The number of rotatable bonds is 29. The maximum absolute atomic E-state index is 8.74. The quantitative estimate of drug-likeness (QED) is 0.0407. The average Bonchev–Trinajstić information content (AvgIpc) is 2.85. The molecular formula is C32H67NaO4S. The Balaban J connectivity index is -0.00000185. The van der Waals surface area contributed by atoms with Crippen LogP contribution in [-0.2, 0) is 10.4 Å². The minimum atomic E-state index is -4.67. The van der Waals surface area contributed by atoms with Crippen molar-refractivity contribution < 1.29 is 47.1 Å². The molecule has 0 fully saturated rings. The van der Waals surface area contributed by atoms with E-state index in [1.165, 1.54) is 186 Å². The van der Waals surface area contributed by atoms with Crippen LogP contribution in [0, 0.1) is 6.92 Å². The summed E-state index contributed by atoms with van der Waals surface area (Å²) in [6.45, 7) is 6.23. The van der Waals surface area contributed by atoms with Gasteiger partial charge in [0, 0.05) is 0 Å². The van der Waals surface area contributed by atoms with Gasteiger partial charge in [0.15, 0.2) is 0 Å². The molecule has 0 saturated heterocycles. The molecule has 6 heteroatoms. The van der Waals surface area contributed by atoms with Gasteiger partial charge in [-0.2, -0.15) is 14.8 Å². The Hall–Kier alpha value is 0.870. The summed E-state index contributed by atoms with van der Waals surface area (Å²) in [5.74, 6) is 0. The van der Waals surface area contributed by atoms with Crippen LogP contribution in [0.2, 0.25) is 0 Å². The zero-order chi connectivity index (χ0) is 27.7. The number of unbranched alkanes of at least 4 members (excludes halogenated alkanes) is 29. The fraction of sp³-hybridized carbons (Fsp3) is 0.969. The van der Waals surface area contributed by atoms with Crippen molar-refractivity contribution in [2.45, 2.75) is 200 Å². The van der Waals surface area contributed by atoms with E-state index < -0.39 is 10.4 Å². The first-order valence-electron chi connectivity index (χ1n) is 16.4. The van der Waals surface area contributed by atoms with Gasteiger partial charge in [-0.25, -0.2) is 0 Å². The summed E-state index contributed by atoms with van der Waals surface area (Å²) < 4.78 is 31.6. The summed E-state index contributed by atoms with van der Waals surface area (Å²) in [6.07, 6.45) is 43.8. The Morgan fingerprint density at radius 1 is 0.395 bits per heavy atom. The maximum atomic E-state index is 8.74. The summed E-state index contributed by atoms with van der Waals surface area (Å²) in [5.41, 5.74) is 0. The Kier molecular flexibility index (Phi) is 43.2. The topological polar surface area (TPSA) is 74.6 Å². The third kappa shape index (κ3) is 53.2. The van der Waals surface area contributed by atoms with Crippen LogP contribution in [0.15, 0.2) is 0 Å². The Bertz CT molecular complexity index is 462. The van der Waals surface area contributed by atoms with Gasteiger partial charge in [-0.05, 0) is 0 Å². The van der Waals surface area contributed by atoms with Crippen molar-refractivity contribution in [2.24, 2.45) is 0 Å². The van der Waals surface area contributed by atoms with Crippen molar-refractivity contribution in [3.05, 3.63) is 6.92 Å². The van der Waals surface area contributed by atoms with Gasteiger partial charge in [-0.3, -0.25) is 9.11 Å². The van der Waals surface area contributed by atoms with Crippen LogP contribution >= 0.6 is 0 Å². The van der Waals surface area contributed by atoms with E-state index in [1.807, 2.05) is 0 Å². The first kappa shape index (κ1) is 43.3. The molecule has 0 aromatic carbocycles. The van der Waals surface area contributed by atoms with E-state index in [0.717, 1.165) is 6.42 Å². The van der Waals surface area contributed by atoms with E-state index in [9.17, 15) is 0 Å². The average molecular weight is 571 g/mol. The second kappa shape index (κ2) is 37.9. The molecule has 0 aromatic heterocycles. The maximum Gasteiger partial charge on any atom is 1.00 e. The van der Waals surface area contributed by atoms with Gasteiger partial charge in [-0.1, -0.05) is 193 Å². The molecule has 0 aliphatic carbocycles. The minimum Gasteiger partial charge on any atom is -0.343 e. The van der Waals surface area contributed by atoms with Crippen molar-refractivity contribution in [1.29, 1.82) is 0 Å². The second-order valence-corrected chi connectivity index (χ2v) is 12.1. The van der Waals surface area contributed by atoms with Crippen LogP contribution in [-0.4, -0.2) is 17.5 Å². The molecule has 38 heavy (non-hydrogen) atoms. The number of hydrogen-bond donors (Lipinski definition) is 2. The van der Waals surface area contributed by atoms with Crippen LogP contribution in [0.5, 0.6) is 0 Å². The Morgan fingerprint density at radius 3 is 0.658 bits per heavy atom. The molecule has 0 rings (SSSR count). The van der Waals surface area contributed by atoms with E-state index in [-0.39, 0.29) is 29.6 Å². The van der Waals surface area contributed by atoms with Gasteiger partial charge in [0.2, 0.25) is 0 Å². The first-order chi connectivity index (χ1) is 17.9. The fourth-order valence-corrected chi connectivity index (χ4v) is 5.02. The summed E-state index contributed by atoms with van der Waals surface area (Å²) in [7, 11) is -4.67. The van der Waals surface area contributed by atoms with Crippen molar-refractivity contribution in [3.63, 3.8) is 0 Å². The molecule has 0 heterocycles. The molecule has 0 saturated carbocycles. The molecule has 0 aliphatic heterocycles. The Morgan fingerprint density at radius 2 is 0.526 bits per heavy atom. The molecule has 0 atom stereocenters. The van der Waals surface area contributed by atoms with Gasteiger partial charge in [0.25, 0.3) is 0 Å². The predicted octanol–water partition coefficient (Wildman–Crippen LogP) is 8.89. The van der Waals surface area contributed by atoms with E-state index in [0.29, 0.717) is 0 Å². The first-order valence-corrected chi connectivity index (χ1v) is 17.8. The second-order valence-electron chi connectivity index (χ2n) is 11.2. The van der Waals surface area contributed by atoms with Gasteiger partial charge in [0.1, 0.15) is 0 Å². The van der Waals surface area contributed by atoms with Crippen molar-refractivity contribution in [1.82, 2.24) is 0 Å². The van der Waals surface area contributed by atoms with Crippen LogP contribution in [0.3, 0.4) is 0 Å². The molecular weight excluding hydrogens is 503 g/mol. The third-order valence-electron chi connectivity index (χ3n) is 7.35. The zero-order valence-corrected chi connectivity index (χ0v) is 28.9. The van der Waals surface area contributed by atoms with Crippen LogP contribution < -0.4 is 29.6 Å². The standard InChI is InChI=1S/C32H65.Na.H2O4S/c1-3-5-7-9-11-13-15-17-19-21-23-25-27-29-31-32-30-28-26-24-22-20-18-16-14-12-10-8-6-4-2;;1-5(2,3)4/h1,3-32H2,2H3;;(H2,1,2,3,4)/q-1;+1;. The van der Waals surface area contributed by atoms with E-state index in [4.69, 9.17) is 17.5 Å². The molecule has 2 N–H and O–H groups in total. The molecule has 0 spiro atoms. The summed E-state index contributed by atoms with van der Waals surface area (Å²) in [6, 6.07) is 0. The van der Waals surface area contributed by atoms with Crippen LogP contribution in [0.4, 0.5) is 0 Å². The SMILES string of the molecule is O=S(=O)(O)O.[CH2-]CCCCCCCCCCCCCCCCCCCCCCCCCCCCCCC.[Na+]. The number of hydrogen-bond acceptors (Lipinski definition) is 2. The van der Waals surface area contributed by atoms with E-state index in [1.54, 1.807) is 0 Å². The van der Waals surface area contributed by atoms with Crippen molar-refractivity contribution in [3.8, 4) is 0 Å². The molecule has 4 nitrogen and oxygen atoms in total. The minimum absolute atomic E-state index is 0. The molecule has 0 amide bonds. The van der Waals surface area contributed by atoms with Crippen LogP contribution in [0.1, 0.15) is 200 Å². The van der Waals surface area contributed by atoms with E-state index in [2.05, 4.69) is 13.8 Å². The van der Waals surface area contributed by atoms with Gasteiger partial charge >= 0.3 is 40.0 Å². The zero-order valence-electron chi connectivity index (χ0n) is 26.0. The Labute approximate surface area is 262 Å². The van der Waals surface area contributed by atoms with Gasteiger partial charge < -0.3 is 6.92 Å². The largest absolute Gasteiger partial charge is 1.00 e. The fourth-order valence-electron chi connectivity index (χ4n) is 5.02. The van der Waals surface area contributed by atoms with E-state index >= 15 is 0 Å².